The van der Waals surface area contributed by atoms with Crippen molar-refractivity contribution in [2.45, 2.75) is 0 Å². The minimum Gasteiger partial charge on any atom is -0.493 e. The van der Waals surface area contributed by atoms with Crippen molar-refractivity contribution in [3.8, 4) is 5.88 Å². The van der Waals surface area contributed by atoms with Gasteiger partial charge in [-0.05, 0) is 64.5 Å². The van der Waals surface area contributed by atoms with Crippen LogP contribution in [-0.4, -0.2) is 15.2 Å². The van der Waals surface area contributed by atoms with E-state index in [9.17, 15) is 9.50 Å². The van der Waals surface area contributed by atoms with E-state index in [1.54, 1.807) is 6.07 Å². The summed E-state index contributed by atoms with van der Waals surface area (Å²) >= 11 is 11.9. The summed E-state index contributed by atoms with van der Waals surface area (Å²) in [6.07, 6.45) is 0. The second kappa shape index (κ2) is 6.96. The molecule has 1 heterocycles. The first kappa shape index (κ1) is 17.0. The summed E-state index contributed by atoms with van der Waals surface area (Å²) in [5.41, 5.74) is 1.56. The molecule has 2 aromatic carbocycles. The topological polar surface area (TPSA) is 72.8 Å². The van der Waals surface area contributed by atoms with E-state index in [1.165, 1.54) is 24.3 Å². The van der Waals surface area contributed by atoms with Crippen LogP contribution in [-0.2, 0) is 0 Å². The number of aromatic nitrogens is 1. The SMILES string of the molecule is Oc1[nH]c2c(Br)cc(Br)cc2c1N=NC(=S)Nc1ccc(F)cc1. The van der Waals surface area contributed by atoms with Gasteiger partial charge >= 0.3 is 0 Å². The summed E-state index contributed by atoms with van der Waals surface area (Å²) in [7, 11) is 0. The van der Waals surface area contributed by atoms with Crippen LogP contribution in [0.25, 0.3) is 10.9 Å². The highest BCUT2D eigenvalue weighted by Gasteiger charge is 2.13. The second-order valence-corrected chi connectivity index (χ2v) is 6.93. The third kappa shape index (κ3) is 3.63. The van der Waals surface area contributed by atoms with E-state index < -0.39 is 0 Å². The van der Waals surface area contributed by atoms with Crippen LogP contribution in [0.2, 0.25) is 0 Å². The van der Waals surface area contributed by atoms with E-state index in [4.69, 9.17) is 12.2 Å². The smallest absolute Gasteiger partial charge is 0.218 e. The van der Waals surface area contributed by atoms with Gasteiger partial charge in [0, 0.05) is 20.0 Å². The molecule has 0 amide bonds. The summed E-state index contributed by atoms with van der Waals surface area (Å²) in [4.78, 5) is 2.83. The van der Waals surface area contributed by atoms with Crippen LogP contribution >= 0.6 is 44.1 Å². The Bertz CT molecular complexity index is 956. The van der Waals surface area contributed by atoms with Gasteiger partial charge in [0.05, 0.1) is 5.52 Å². The lowest BCUT2D eigenvalue weighted by Gasteiger charge is -2.02. The maximum atomic E-state index is 12.9. The maximum Gasteiger partial charge on any atom is 0.218 e. The third-order valence-corrected chi connectivity index (χ3v) is 4.38. The molecule has 122 valence electrons. The number of H-pyrrole nitrogens is 1. The van der Waals surface area contributed by atoms with Crippen LogP contribution in [0.4, 0.5) is 15.8 Å². The van der Waals surface area contributed by atoms with Crippen molar-refractivity contribution in [3.63, 3.8) is 0 Å². The molecule has 0 saturated heterocycles. The van der Waals surface area contributed by atoms with Gasteiger partial charge in [0.15, 0.2) is 5.69 Å². The number of benzene rings is 2. The standard InChI is InChI=1S/C15H9Br2FN4OS/c16-7-5-10-12(11(17)6-7)20-14(23)13(10)21-22-15(24)19-9-3-1-8(18)2-4-9/h1-6,20,23H,(H,19,24). The Balaban J connectivity index is 1.86. The lowest BCUT2D eigenvalue weighted by atomic mass is 10.2. The molecule has 1 aromatic heterocycles. The lowest BCUT2D eigenvalue weighted by Crippen LogP contribution is -2.04. The minimum atomic E-state index is -0.340. The molecule has 0 bridgehead atoms. The van der Waals surface area contributed by atoms with Gasteiger partial charge in [0.1, 0.15) is 5.82 Å². The predicted molar refractivity (Wildman–Crippen MR) is 103 cm³/mol. The van der Waals surface area contributed by atoms with Gasteiger partial charge < -0.3 is 15.4 Å². The molecule has 3 N–H and O–H groups in total. The highest BCUT2D eigenvalue weighted by molar-refractivity contribution is 9.11. The molecule has 5 nitrogen and oxygen atoms in total. The van der Waals surface area contributed by atoms with Crippen molar-refractivity contribution in [3.05, 3.63) is 51.2 Å². The molecule has 0 atom stereocenters. The molecule has 0 fully saturated rings. The molecule has 24 heavy (non-hydrogen) atoms. The molecule has 0 saturated carbocycles. The van der Waals surface area contributed by atoms with Crippen LogP contribution < -0.4 is 5.32 Å². The lowest BCUT2D eigenvalue weighted by molar-refractivity contribution is 0.459. The van der Waals surface area contributed by atoms with Gasteiger partial charge in [0.25, 0.3) is 0 Å². The van der Waals surface area contributed by atoms with Crippen LogP contribution in [0.1, 0.15) is 0 Å². The zero-order chi connectivity index (χ0) is 17.3. The number of aromatic amines is 1. The van der Waals surface area contributed by atoms with Gasteiger partial charge in [-0.15, -0.1) is 10.2 Å². The second-order valence-electron chi connectivity index (χ2n) is 4.77. The van der Waals surface area contributed by atoms with E-state index in [0.29, 0.717) is 16.6 Å². The van der Waals surface area contributed by atoms with Crippen molar-refractivity contribution in [1.82, 2.24) is 4.98 Å². The summed E-state index contributed by atoms with van der Waals surface area (Å²) in [5.74, 6) is -0.454. The molecule has 3 rings (SSSR count). The Morgan fingerprint density at radius 3 is 2.62 bits per heavy atom. The average Bonchev–Trinajstić information content (AvgIpc) is 2.84. The molecular formula is C15H9Br2FN4OS. The molecule has 0 aliphatic heterocycles. The fraction of sp³-hybridized carbons (Fsp3) is 0. The number of anilines is 1. The van der Waals surface area contributed by atoms with Crippen LogP contribution in [0, 0.1) is 5.82 Å². The number of hydrogen-bond acceptors (Lipinski definition) is 3. The molecule has 0 unspecified atom stereocenters. The van der Waals surface area contributed by atoms with Crippen LogP contribution in [0.15, 0.2) is 55.6 Å². The zero-order valence-corrected chi connectivity index (χ0v) is 15.8. The van der Waals surface area contributed by atoms with Crippen LogP contribution in [0.3, 0.4) is 0 Å². The Hall–Kier alpha value is -1.84. The molecule has 9 heteroatoms. The first-order valence-corrected chi connectivity index (χ1v) is 8.61. The van der Waals surface area contributed by atoms with Gasteiger partial charge in [0.2, 0.25) is 11.0 Å². The van der Waals surface area contributed by atoms with Gasteiger partial charge in [-0.1, -0.05) is 15.9 Å². The number of halogens is 3. The fourth-order valence-electron chi connectivity index (χ4n) is 2.07. The molecule has 3 aromatic rings. The number of thiocarbonyl (C=S) groups is 1. The molecule has 0 aliphatic rings. The quantitative estimate of drug-likeness (QED) is 0.316. The van der Waals surface area contributed by atoms with Crippen molar-refractivity contribution in [1.29, 1.82) is 0 Å². The first-order valence-electron chi connectivity index (χ1n) is 6.62. The highest BCUT2D eigenvalue weighted by Crippen LogP contribution is 2.40. The molecular weight excluding hydrogens is 463 g/mol. The third-order valence-electron chi connectivity index (χ3n) is 3.11. The van der Waals surface area contributed by atoms with Crippen molar-refractivity contribution < 1.29 is 9.50 Å². The van der Waals surface area contributed by atoms with Gasteiger partial charge in [-0.25, -0.2) is 4.39 Å². The Morgan fingerprint density at radius 2 is 1.92 bits per heavy atom. The maximum absolute atomic E-state index is 12.9. The van der Waals surface area contributed by atoms with Crippen molar-refractivity contribution in [2.24, 2.45) is 10.2 Å². The Morgan fingerprint density at radius 1 is 1.21 bits per heavy atom. The molecule has 0 radical (unpaired) electrons. The number of rotatable bonds is 2. The zero-order valence-electron chi connectivity index (χ0n) is 11.8. The number of aromatic hydroxyl groups is 1. The Kier molecular flexibility index (Phi) is 4.93. The monoisotopic (exact) mass is 470 g/mol. The number of nitrogens with one attached hydrogen (secondary N) is 2. The van der Waals surface area contributed by atoms with Crippen LogP contribution in [0.5, 0.6) is 5.88 Å². The number of fused-ring (bicyclic) bond motifs is 1. The largest absolute Gasteiger partial charge is 0.493 e. The molecule has 0 spiro atoms. The average molecular weight is 472 g/mol. The van der Waals surface area contributed by atoms with E-state index in [2.05, 4.69) is 52.4 Å². The number of azo groups is 1. The first-order chi connectivity index (χ1) is 11.4. The minimum absolute atomic E-state index is 0.0874. The number of nitrogens with zero attached hydrogens (tertiary/aromatic N) is 2. The van der Waals surface area contributed by atoms with Crippen molar-refractivity contribution >= 4 is 71.5 Å². The fourth-order valence-corrected chi connectivity index (χ4v) is 3.55. The Labute approximate surface area is 158 Å². The van der Waals surface area contributed by atoms with E-state index in [-0.39, 0.29) is 22.5 Å². The van der Waals surface area contributed by atoms with Crippen molar-refractivity contribution in [2.75, 3.05) is 5.32 Å². The molecule has 0 aliphatic carbocycles. The van der Waals surface area contributed by atoms with Gasteiger partial charge in [-0.2, -0.15) is 0 Å². The normalized spacial score (nSPS) is 11.3. The summed E-state index contributed by atoms with van der Waals surface area (Å²) in [6, 6.07) is 9.34. The van der Waals surface area contributed by atoms with Gasteiger partial charge in [-0.3, -0.25) is 0 Å². The highest BCUT2D eigenvalue weighted by atomic mass is 79.9. The van der Waals surface area contributed by atoms with E-state index in [1.807, 2.05) is 6.07 Å². The predicted octanol–water partition coefficient (Wildman–Crippen LogP) is 6.02. The van der Waals surface area contributed by atoms with E-state index >= 15 is 0 Å². The van der Waals surface area contributed by atoms with E-state index in [0.717, 1.165) is 8.95 Å². The summed E-state index contributed by atoms with van der Waals surface area (Å²) in [6.45, 7) is 0. The summed E-state index contributed by atoms with van der Waals surface area (Å²) in [5, 5.41) is 21.5. The summed E-state index contributed by atoms with van der Waals surface area (Å²) < 4.78 is 14.5. The number of hydrogen-bond donors (Lipinski definition) is 3.